The van der Waals surface area contributed by atoms with Crippen molar-refractivity contribution < 1.29 is 8.98 Å². The Morgan fingerprint density at radius 1 is 1.17 bits per heavy atom. The van der Waals surface area contributed by atoms with Crippen LogP contribution in [0.1, 0.15) is 48.0 Å². The van der Waals surface area contributed by atoms with E-state index >= 15 is 0 Å². The van der Waals surface area contributed by atoms with Crippen molar-refractivity contribution >= 4 is 25.9 Å². The van der Waals surface area contributed by atoms with Gasteiger partial charge in [0.2, 0.25) is 0 Å². The summed E-state index contributed by atoms with van der Waals surface area (Å²) in [5, 5.41) is 0.234. The summed E-state index contributed by atoms with van der Waals surface area (Å²) < 4.78 is 21.5. The zero-order valence-electron chi connectivity index (χ0n) is 13.2. The second kappa shape index (κ2) is 6.55. The van der Waals surface area contributed by atoms with Crippen molar-refractivity contribution in [3.8, 4) is 0 Å². The van der Waals surface area contributed by atoms with E-state index in [4.69, 9.17) is 4.43 Å². The summed E-state index contributed by atoms with van der Waals surface area (Å²) in [5.74, 6) is 0. The smallest absolute Gasteiger partial charge is 0.191 e. The standard InChI is InChI=1S/C13H29NO2SSi/c1-12(2,3)17(15)14-10-9-11-16-18(7,8)13(4,5)6/h10H,9,11H2,1-8H3/b14-10-. The first-order valence-electron chi connectivity index (χ1n) is 6.46. The first-order valence-corrected chi connectivity index (χ1v) is 10.5. The van der Waals surface area contributed by atoms with Gasteiger partial charge in [0.05, 0.1) is 6.21 Å². The summed E-state index contributed by atoms with van der Waals surface area (Å²) in [6, 6.07) is 0. The Kier molecular flexibility index (Phi) is 6.60. The second-order valence-corrected chi connectivity index (χ2v) is 13.8. The third-order valence-electron chi connectivity index (χ3n) is 3.21. The van der Waals surface area contributed by atoms with E-state index in [0.717, 1.165) is 6.42 Å². The quantitative estimate of drug-likeness (QED) is 0.333. The fourth-order valence-corrected chi connectivity index (χ4v) is 2.48. The maximum atomic E-state index is 11.7. The van der Waals surface area contributed by atoms with E-state index in [1.54, 1.807) is 6.21 Å². The molecule has 0 saturated carbocycles. The summed E-state index contributed by atoms with van der Waals surface area (Å²) in [6.45, 7) is 17.6. The first-order chi connectivity index (χ1) is 7.88. The zero-order valence-corrected chi connectivity index (χ0v) is 15.0. The van der Waals surface area contributed by atoms with Crippen LogP contribution in [0.15, 0.2) is 4.40 Å². The number of rotatable bonds is 5. The minimum Gasteiger partial charge on any atom is -0.591 e. The molecule has 0 N–H and O–H groups in total. The molecular weight excluding hydrogens is 262 g/mol. The maximum absolute atomic E-state index is 11.7. The fourth-order valence-electron chi connectivity index (χ4n) is 0.862. The van der Waals surface area contributed by atoms with Crippen LogP contribution in [-0.2, 0) is 15.8 Å². The Bertz CT molecular complexity index is 280. The highest BCUT2D eigenvalue weighted by Crippen LogP contribution is 2.36. The first kappa shape index (κ1) is 18.2. The molecule has 18 heavy (non-hydrogen) atoms. The number of hydrogen-bond donors (Lipinski definition) is 0. The van der Waals surface area contributed by atoms with Crippen molar-refractivity contribution in [2.24, 2.45) is 4.40 Å². The molecule has 0 aliphatic heterocycles. The molecule has 0 saturated heterocycles. The SMILES string of the molecule is CC(C)(C)[S+]([O-])/N=C\CCO[Si](C)(C)C(C)(C)C. The van der Waals surface area contributed by atoms with E-state index in [2.05, 4.69) is 38.3 Å². The molecule has 0 bridgehead atoms. The molecule has 0 radical (unpaired) electrons. The molecule has 0 aliphatic carbocycles. The monoisotopic (exact) mass is 291 g/mol. The van der Waals surface area contributed by atoms with Crippen LogP contribution in [0, 0.1) is 0 Å². The average molecular weight is 292 g/mol. The molecule has 0 aliphatic rings. The normalized spacial score (nSPS) is 16.3. The second-order valence-electron chi connectivity index (χ2n) is 7.05. The lowest BCUT2D eigenvalue weighted by atomic mass is 10.2. The van der Waals surface area contributed by atoms with Gasteiger partial charge in [-0.25, -0.2) is 0 Å². The van der Waals surface area contributed by atoms with Crippen LogP contribution in [-0.4, -0.2) is 30.4 Å². The van der Waals surface area contributed by atoms with E-state index in [9.17, 15) is 4.55 Å². The van der Waals surface area contributed by atoms with Gasteiger partial charge in [-0.1, -0.05) is 25.2 Å². The molecule has 108 valence electrons. The van der Waals surface area contributed by atoms with Crippen molar-refractivity contribution in [2.75, 3.05) is 6.61 Å². The summed E-state index contributed by atoms with van der Waals surface area (Å²) in [6.07, 6.45) is 2.46. The van der Waals surface area contributed by atoms with Gasteiger partial charge in [-0.15, -0.1) is 0 Å². The van der Waals surface area contributed by atoms with Crippen LogP contribution >= 0.6 is 0 Å². The van der Waals surface area contributed by atoms with Gasteiger partial charge >= 0.3 is 0 Å². The molecule has 0 aromatic carbocycles. The van der Waals surface area contributed by atoms with Crippen molar-refractivity contribution in [3.63, 3.8) is 0 Å². The molecule has 0 heterocycles. The van der Waals surface area contributed by atoms with E-state index in [1.807, 2.05) is 20.8 Å². The lowest BCUT2D eigenvalue weighted by Crippen LogP contribution is -2.41. The Morgan fingerprint density at radius 3 is 2.06 bits per heavy atom. The highest BCUT2D eigenvalue weighted by atomic mass is 32.2. The van der Waals surface area contributed by atoms with Gasteiger partial charge in [0.1, 0.15) is 16.1 Å². The van der Waals surface area contributed by atoms with Crippen LogP contribution in [0.4, 0.5) is 0 Å². The van der Waals surface area contributed by atoms with Gasteiger partial charge in [-0.05, 0) is 38.9 Å². The molecule has 1 atom stereocenters. The third kappa shape index (κ3) is 6.36. The predicted octanol–water partition coefficient (Wildman–Crippen LogP) is 3.93. The lowest BCUT2D eigenvalue weighted by molar-refractivity contribution is 0.299. The summed E-state index contributed by atoms with van der Waals surface area (Å²) in [5.41, 5.74) is 0. The lowest BCUT2D eigenvalue weighted by Gasteiger charge is -2.36. The van der Waals surface area contributed by atoms with E-state index in [1.165, 1.54) is 0 Å². The average Bonchev–Trinajstić information content (AvgIpc) is 2.13. The molecule has 0 aromatic rings. The van der Waals surface area contributed by atoms with Crippen LogP contribution in [0.3, 0.4) is 0 Å². The zero-order chi connectivity index (χ0) is 14.6. The number of nitrogens with zero attached hydrogens (tertiary/aromatic N) is 1. The minimum atomic E-state index is -1.66. The molecule has 5 heteroatoms. The van der Waals surface area contributed by atoms with Crippen molar-refractivity contribution in [1.29, 1.82) is 0 Å². The predicted molar refractivity (Wildman–Crippen MR) is 84.2 cm³/mol. The van der Waals surface area contributed by atoms with Crippen LogP contribution < -0.4 is 0 Å². The number of hydrogen-bond acceptors (Lipinski definition) is 3. The van der Waals surface area contributed by atoms with E-state index in [0.29, 0.717) is 6.61 Å². The Hall–Kier alpha value is 0.157. The fraction of sp³-hybridized carbons (Fsp3) is 0.923. The summed E-state index contributed by atoms with van der Waals surface area (Å²) in [7, 11) is -1.66. The van der Waals surface area contributed by atoms with Gasteiger partial charge in [0, 0.05) is 13.0 Å². The molecule has 0 spiro atoms. The topological polar surface area (TPSA) is 44.7 Å². The third-order valence-corrected chi connectivity index (χ3v) is 9.14. The molecule has 0 rings (SSSR count). The van der Waals surface area contributed by atoms with Gasteiger partial charge in [-0.3, -0.25) is 0 Å². The van der Waals surface area contributed by atoms with Crippen molar-refractivity contribution in [3.05, 3.63) is 0 Å². The van der Waals surface area contributed by atoms with Crippen molar-refractivity contribution in [2.45, 2.75) is 70.8 Å². The van der Waals surface area contributed by atoms with Gasteiger partial charge < -0.3 is 8.98 Å². The van der Waals surface area contributed by atoms with Gasteiger partial charge in [0.15, 0.2) is 8.32 Å². The molecule has 0 amide bonds. The maximum Gasteiger partial charge on any atom is 0.191 e. The van der Waals surface area contributed by atoms with Crippen molar-refractivity contribution in [1.82, 2.24) is 0 Å². The molecule has 0 fully saturated rings. The Morgan fingerprint density at radius 2 is 1.67 bits per heavy atom. The highest BCUT2D eigenvalue weighted by Gasteiger charge is 2.36. The Balaban J connectivity index is 4.06. The van der Waals surface area contributed by atoms with Crippen LogP contribution in [0.25, 0.3) is 0 Å². The van der Waals surface area contributed by atoms with E-state index in [-0.39, 0.29) is 9.79 Å². The summed E-state index contributed by atoms with van der Waals surface area (Å²) in [4.78, 5) is 0. The van der Waals surface area contributed by atoms with E-state index < -0.39 is 19.7 Å². The largest absolute Gasteiger partial charge is 0.591 e. The highest BCUT2D eigenvalue weighted by molar-refractivity contribution is 7.91. The van der Waals surface area contributed by atoms with Gasteiger partial charge in [0.25, 0.3) is 0 Å². The molecule has 0 aromatic heterocycles. The summed E-state index contributed by atoms with van der Waals surface area (Å²) >= 11 is -1.15. The van der Waals surface area contributed by atoms with Crippen LogP contribution in [0.5, 0.6) is 0 Å². The molecule has 1 unspecified atom stereocenters. The molecular formula is C13H29NO2SSi. The van der Waals surface area contributed by atoms with Crippen LogP contribution in [0.2, 0.25) is 18.1 Å². The Labute approximate surface area is 117 Å². The van der Waals surface area contributed by atoms with Gasteiger partial charge in [-0.2, -0.15) is 0 Å². The molecule has 3 nitrogen and oxygen atoms in total. The minimum absolute atomic E-state index is 0.234.